The molecule has 20 heavy (non-hydrogen) atoms. The van der Waals surface area contributed by atoms with Crippen molar-refractivity contribution < 1.29 is 0 Å². The van der Waals surface area contributed by atoms with Gasteiger partial charge in [-0.3, -0.25) is 9.78 Å². The molecule has 102 valence electrons. The second-order valence-electron chi connectivity index (χ2n) is 4.06. The van der Waals surface area contributed by atoms with E-state index in [4.69, 9.17) is 16.9 Å². The number of nitrogens with zero attached hydrogens (tertiary/aromatic N) is 4. The summed E-state index contributed by atoms with van der Waals surface area (Å²) in [5.74, 6) is 0.370. The Morgan fingerprint density at radius 1 is 1.50 bits per heavy atom. The van der Waals surface area contributed by atoms with Gasteiger partial charge >= 0.3 is 0 Å². The molecule has 2 heterocycles. The number of pyridine rings is 1. The zero-order valence-electron chi connectivity index (χ0n) is 10.6. The van der Waals surface area contributed by atoms with E-state index in [-0.39, 0.29) is 5.02 Å². The van der Waals surface area contributed by atoms with Crippen molar-refractivity contribution >= 4 is 17.4 Å². The smallest absolute Gasteiger partial charge is 0.271 e. The second kappa shape index (κ2) is 6.68. The van der Waals surface area contributed by atoms with Gasteiger partial charge in [-0.05, 0) is 11.6 Å². The first-order valence-corrected chi connectivity index (χ1v) is 6.34. The summed E-state index contributed by atoms with van der Waals surface area (Å²) in [5, 5.41) is 8.76. The average Bonchev–Trinajstić information content (AvgIpc) is 2.48. The van der Waals surface area contributed by atoms with Crippen LogP contribution in [0.3, 0.4) is 0 Å². The molecule has 0 saturated heterocycles. The molecule has 0 spiro atoms. The third-order valence-electron chi connectivity index (χ3n) is 2.67. The predicted molar refractivity (Wildman–Crippen MR) is 75.4 cm³/mol. The van der Waals surface area contributed by atoms with Gasteiger partial charge in [0.05, 0.1) is 18.8 Å². The lowest BCUT2D eigenvalue weighted by atomic mass is 10.2. The monoisotopic (exact) mass is 289 g/mol. The summed E-state index contributed by atoms with van der Waals surface area (Å²) < 4.78 is 0. The van der Waals surface area contributed by atoms with E-state index in [1.54, 1.807) is 17.3 Å². The van der Waals surface area contributed by atoms with Crippen LogP contribution in [0.25, 0.3) is 0 Å². The maximum Gasteiger partial charge on any atom is 0.271 e. The first kappa shape index (κ1) is 14.0. The second-order valence-corrected chi connectivity index (χ2v) is 4.44. The van der Waals surface area contributed by atoms with Gasteiger partial charge in [-0.15, -0.1) is 0 Å². The van der Waals surface area contributed by atoms with E-state index < -0.39 is 5.56 Å². The fraction of sp³-hybridized carbons (Fsp3) is 0.231. The molecule has 0 atom stereocenters. The lowest BCUT2D eigenvalue weighted by molar-refractivity contribution is 0.776. The summed E-state index contributed by atoms with van der Waals surface area (Å²) in [6.45, 7) is 0.910. The Labute approximate surface area is 120 Å². The Bertz CT molecular complexity index is 664. The zero-order valence-corrected chi connectivity index (χ0v) is 11.3. The van der Waals surface area contributed by atoms with Crippen molar-refractivity contribution in [3.8, 4) is 6.07 Å². The molecule has 0 aromatic carbocycles. The maximum atomic E-state index is 11.5. The van der Waals surface area contributed by atoms with Gasteiger partial charge < -0.3 is 9.88 Å². The molecular weight excluding hydrogens is 278 g/mol. The zero-order chi connectivity index (χ0) is 14.4. The van der Waals surface area contributed by atoms with E-state index in [1.165, 1.54) is 6.33 Å². The Morgan fingerprint density at radius 3 is 3.05 bits per heavy atom. The largest absolute Gasteiger partial charge is 0.350 e. The fourth-order valence-electron chi connectivity index (χ4n) is 1.75. The molecule has 2 aromatic rings. The van der Waals surface area contributed by atoms with Crippen LogP contribution in [0.4, 0.5) is 5.82 Å². The Balaban J connectivity index is 2.30. The molecule has 7 heteroatoms. The van der Waals surface area contributed by atoms with Crippen molar-refractivity contribution in [3.63, 3.8) is 0 Å². The van der Waals surface area contributed by atoms with Crippen LogP contribution in [-0.4, -0.2) is 21.5 Å². The number of nitrogens with one attached hydrogen (secondary N) is 1. The summed E-state index contributed by atoms with van der Waals surface area (Å²) >= 11 is 5.99. The minimum Gasteiger partial charge on any atom is -0.350 e. The number of halogens is 1. The quantitative estimate of drug-likeness (QED) is 0.906. The molecule has 0 unspecified atom stereocenters. The molecule has 0 fully saturated rings. The molecule has 0 aliphatic carbocycles. The summed E-state index contributed by atoms with van der Waals surface area (Å²) in [7, 11) is 0. The molecular formula is C13H12ClN5O. The molecule has 6 nitrogen and oxygen atoms in total. The molecule has 0 bridgehead atoms. The highest BCUT2D eigenvalue weighted by atomic mass is 35.5. The fourth-order valence-corrected chi connectivity index (χ4v) is 1.97. The summed E-state index contributed by atoms with van der Waals surface area (Å²) in [6, 6.07) is 5.81. The molecule has 2 rings (SSSR count). The van der Waals surface area contributed by atoms with E-state index in [1.807, 2.05) is 12.1 Å². The van der Waals surface area contributed by atoms with Crippen LogP contribution >= 0.6 is 11.6 Å². The van der Waals surface area contributed by atoms with Crippen LogP contribution in [0.5, 0.6) is 0 Å². The number of aromatic nitrogens is 3. The molecule has 0 amide bonds. The lowest BCUT2D eigenvalue weighted by Gasteiger charge is -2.23. The standard InChI is InChI=1S/C13H12ClN5O/c14-11-12(17-9-18-13(11)20)19(6-2-4-15)8-10-3-1-5-16-7-10/h1,3,5,7,9H,2,6,8H2,(H,17,18,20). The highest BCUT2D eigenvalue weighted by Gasteiger charge is 2.14. The van der Waals surface area contributed by atoms with E-state index >= 15 is 0 Å². The van der Waals surface area contributed by atoms with Crippen molar-refractivity contribution in [1.82, 2.24) is 15.0 Å². The molecule has 0 aliphatic rings. The number of rotatable bonds is 5. The number of H-pyrrole nitrogens is 1. The highest BCUT2D eigenvalue weighted by molar-refractivity contribution is 6.32. The Morgan fingerprint density at radius 2 is 2.35 bits per heavy atom. The molecule has 2 aromatic heterocycles. The number of anilines is 1. The van der Waals surface area contributed by atoms with E-state index in [2.05, 4.69) is 21.0 Å². The predicted octanol–water partition coefficient (Wildman–Crippen LogP) is 1.74. The average molecular weight is 290 g/mol. The number of nitriles is 1. The van der Waals surface area contributed by atoms with Crippen molar-refractivity contribution in [2.75, 3.05) is 11.4 Å². The number of aromatic amines is 1. The summed E-state index contributed by atoms with van der Waals surface area (Å²) in [4.78, 5) is 23.9. The van der Waals surface area contributed by atoms with Gasteiger partial charge in [-0.1, -0.05) is 17.7 Å². The normalized spacial score (nSPS) is 10.0. The van der Waals surface area contributed by atoms with Crippen molar-refractivity contribution in [2.45, 2.75) is 13.0 Å². The Kier molecular flexibility index (Phi) is 4.69. The Hall–Kier alpha value is -2.39. The minimum atomic E-state index is -0.398. The third kappa shape index (κ3) is 3.33. The van der Waals surface area contributed by atoms with Crippen LogP contribution in [0, 0.1) is 11.3 Å². The van der Waals surface area contributed by atoms with Gasteiger partial charge in [0, 0.05) is 25.5 Å². The molecule has 0 radical (unpaired) electrons. The molecule has 0 aliphatic heterocycles. The van der Waals surface area contributed by atoms with Gasteiger partial charge in [0.15, 0.2) is 5.82 Å². The summed E-state index contributed by atoms with van der Waals surface area (Å²) in [5.41, 5.74) is 0.549. The third-order valence-corrected chi connectivity index (χ3v) is 3.01. The van der Waals surface area contributed by atoms with Crippen LogP contribution in [0.15, 0.2) is 35.6 Å². The molecule has 0 saturated carbocycles. The van der Waals surface area contributed by atoms with Crippen molar-refractivity contribution in [2.24, 2.45) is 0 Å². The lowest BCUT2D eigenvalue weighted by Crippen LogP contribution is -2.27. The first-order valence-electron chi connectivity index (χ1n) is 5.96. The summed E-state index contributed by atoms with van der Waals surface area (Å²) in [6.07, 6.45) is 5.01. The first-order chi connectivity index (χ1) is 9.72. The van der Waals surface area contributed by atoms with Crippen LogP contribution in [0.2, 0.25) is 5.02 Å². The number of hydrogen-bond donors (Lipinski definition) is 1. The van der Waals surface area contributed by atoms with Gasteiger partial charge in [-0.25, -0.2) is 4.98 Å². The van der Waals surface area contributed by atoms with Crippen LogP contribution in [0.1, 0.15) is 12.0 Å². The van der Waals surface area contributed by atoms with Gasteiger partial charge in [0.25, 0.3) is 5.56 Å². The SMILES string of the molecule is N#CCCN(Cc1cccnc1)c1nc[nH]c(=O)c1Cl. The topological polar surface area (TPSA) is 85.7 Å². The van der Waals surface area contributed by atoms with E-state index in [9.17, 15) is 4.79 Å². The number of hydrogen-bond acceptors (Lipinski definition) is 5. The molecule has 1 N–H and O–H groups in total. The maximum absolute atomic E-state index is 11.5. The van der Waals surface area contributed by atoms with Gasteiger partial charge in [-0.2, -0.15) is 5.26 Å². The van der Waals surface area contributed by atoms with Crippen LogP contribution < -0.4 is 10.5 Å². The van der Waals surface area contributed by atoms with E-state index in [0.29, 0.717) is 25.3 Å². The minimum absolute atomic E-state index is 0.0225. The van der Waals surface area contributed by atoms with E-state index in [0.717, 1.165) is 5.56 Å². The van der Waals surface area contributed by atoms with Gasteiger partial charge in [0.2, 0.25) is 0 Å². The van der Waals surface area contributed by atoms with Crippen LogP contribution in [-0.2, 0) is 6.54 Å². The van der Waals surface area contributed by atoms with Crippen molar-refractivity contribution in [1.29, 1.82) is 5.26 Å². The highest BCUT2D eigenvalue weighted by Crippen LogP contribution is 2.20. The van der Waals surface area contributed by atoms with Crippen molar-refractivity contribution in [3.05, 3.63) is 51.8 Å². The van der Waals surface area contributed by atoms with Gasteiger partial charge in [0.1, 0.15) is 5.02 Å².